The number of carboxylic acids is 1. The lowest BCUT2D eigenvalue weighted by Gasteiger charge is -2.22. The van der Waals surface area contributed by atoms with Crippen LogP contribution in [-0.4, -0.2) is 34.0 Å². The van der Waals surface area contributed by atoms with Gasteiger partial charge < -0.3 is 9.84 Å². The average molecular weight is 238 g/mol. The van der Waals surface area contributed by atoms with E-state index in [-0.39, 0.29) is 5.57 Å². The molecule has 17 heavy (non-hydrogen) atoms. The number of hydrogen-bond donors (Lipinski definition) is 1. The molecule has 0 bridgehead atoms. The molecule has 6 heteroatoms. The van der Waals surface area contributed by atoms with Gasteiger partial charge in [-0.1, -0.05) is 0 Å². The summed E-state index contributed by atoms with van der Waals surface area (Å²) in [5, 5.41) is 13.4. The van der Waals surface area contributed by atoms with Crippen LogP contribution in [0.5, 0.6) is 0 Å². The molecule has 0 saturated carbocycles. The minimum Gasteiger partial charge on any atom is -0.478 e. The summed E-state index contributed by atoms with van der Waals surface area (Å²) in [4.78, 5) is 22.5. The smallest absolute Gasteiger partial charge is 0.435 e. The zero-order valence-electron chi connectivity index (χ0n) is 9.88. The minimum absolute atomic E-state index is 0.0478. The second kappa shape index (κ2) is 4.82. The standard InChI is InChI=1S/C11H14N2O4/c1-11(2,3)17-10(16)13-7-8(9(14)15)5-4-6-12-13/h4-7H,1-3H3,(H,14,15). The highest BCUT2D eigenvalue weighted by atomic mass is 16.6. The Balaban J connectivity index is 2.87. The van der Waals surface area contributed by atoms with Crippen LogP contribution in [0.1, 0.15) is 20.8 Å². The summed E-state index contributed by atoms with van der Waals surface area (Å²) in [5.74, 6) is -1.14. The lowest BCUT2D eigenvalue weighted by atomic mass is 10.2. The molecule has 6 nitrogen and oxygen atoms in total. The molecule has 1 amide bonds. The SMILES string of the molecule is CC(C)(C)OC(=O)N1C=C(C(=O)O)C=CC=N1. The normalized spacial score (nSPS) is 15.2. The molecular formula is C11H14N2O4. The Bertz CT molecular complexity index is 416. The first kappa shape index (κ1) is 13.0. The van der Waals surface area contributed by atoms with Gasteiger partial charge in [0.25, 0.3) is 0 Å². The number of amides is 1. The molecule has 1 N–H and O–H groups in total. The van der Waals surface area contributed by atoms with Crippen molar-refractivity contribution in [2.45, 2.75) is 26.4 Å². The number of hydrogen-bond acceptors (Lipinski definition) is 4. The Morgan fingerprint density at radius 3 is 2.59 bits per heavy atom. The fourth-order valence-electron chi connectivity index (χ4n) is 1.00. The van der Waals surface area contributed by atoms with Gasteiger partial charge in [-0.05, 0) is 32.9 Å². The second-order valence-electron chi connectivity index (χ2n) is 4.34. The van der Waals surface area contributed by atoms with Gasteiger partial charge >= 0.3 is 12.1 Å². The highest BCUT2D eigenvalue weighted by Gasteiger charge is 2.22. The van der Waals surface area contributed by atoms with Crippen LogP contribution in [0.4, 0.5) is 4.79 Å². The van der Waals surface area contributed by atoms with Gasteiger partial charge in [0.2, 0.25) is 0 Å². The lowest BCUT2D eigenvalue weighted by molar-refractivity contribution is -0.132. The Labute approximate surface area is 98.9 Å². The van der Waals surface area contributed by atoms with E-state index < -0.39 is 17.7 Å². The molecule has 0 aromatic heterocycles. The van der Waals surface area contributed by atoms with Crippen molar-refractivity contribution in [3.8, 4) is 0 Å². The molecule has 0 fully saturated rings. The molecule has 0 saturated heterocycles. The van der Waals surface area contributed by atoms with Crippen LogP contribution in [0.25, 0.3) is 0 Å². The molecule has 1 aliphatic heterocycles. The van der Waals surface area contributed by atoms with Gasteiger partial charge in [0.05, 0.1) is 11.8 Å². The maximum Gasteiger partial charge on any atom is 0.435 e. The zero-order valence-corrected chi connectivity index (χ0v) is 9.88. The molecule has 0 aromatic rings. The number of rotatable bonds is 1. The van der Waals surface area contributed by atoms with Crippen molar-refractivity contribution >= 4 is 18.3 Å². The second-order valence-corrected chi connectivity index (χ2v) is 4.34. The molecule has 0 spiro atoms. The van der Waals surface area contributed by atoms with E-state index in [1.165, 1.54) is 18.4 Å². The van der Waals surface area contributed by atoms with Crippen LogP contribution in [0, 0.1) is 0 Å². The van der Waals surface area contributed by atoms with Gasteiger partial charge in [0, 0.05) is 6.21 Å². The van der Waals surface area contributed by atoms with E-state index in [2.05, 4.69) is 5.10 Å². The molecule has 0 aliphatic carbocycles. The van der Waals surface area contributed by atoms with Gasteiger partial charge in [-0.15, -0.1) is 0 Å². The first-order chi connectivity index (χ1) is 7.79. The first-order valence-corrected chi connectivity index (χ1v) is 4.97. The van der Waals surface area contributed by atoms with E-state index in [0.717, 1.165) is 11.2 Å². The van der Waals surface area contributed by atoms with E-state index in [1.807, 2.05) is 0 Å². The van der Waals surface area contributed by atoms with Crippen molar-refractivity contribution in [3.63, 3.8) is 0 Å². The van der Waals surface area contributed by atoms with Crippen molar-refractivity contribution in [3.05, 3.63) is 23.9 Å². The molecule has 0 atom stereocenters. The Hall–Kier alpha value is -2.11. The molecule has 1 heterocycles. The van der Waals surface area contributed by atoms with Crippen LogP contribution in [0.15, 0.2) is 29.0 Å². The highest BCUT2D eigenvalue weighted by Crippen LogP contribution is 2.12. The average Bonchev–Trinajstić information content (AvgIpc) is 2.39. The minimum atomic E-state index is -1.14. The third-order valence-electron chi connectivity index (χ3n) is 1.64. The number of carboxylic acid groups (broad SMARTS) is 1. The van der Waals surface area contributed by atoms with Gasteiger partial charge in [-0.25, -0.2) is 9.59 Å². The maximum atomic E-state index is 11.7. The topological polar surface area (TPSA) is 79.2 Å². The van der Waals surface area contributed by atoms with Crippen LogP contribution >= 0.6 is 0 Å². The summed E-state index contributed by atoms with van der Waals surface area (Å²) >= 11 is 0. The molecule has 92 valence electrons. The van der Waals surface area contributed by atoms with E-state index in [9.17, 15) is 9.59 Å². The Morgan fingerprint density at radius 1 is 1.41 bits per heavy atom. The van der Waals surface area contributed by atoms with Crippen molar-refractivity contribution in [1.29, 1.82) is 0 Å². The number of aliphatic carboxylic acids is 1. The molecule has 1 aliphatic rings. The zero-order chi connectivity index (χ0) is 13.1. The summed E-state index contributed by atoms with van der Waals surface area (Å²) in [6, 6.07) is 0. The van der Waals surface area contributed by atoms with E-state index >= 15 is 0 Å². The fraction of sp³-hybridized carbons (Fsp3) is 0.364. The third-order valence-corrected chi connectivity index (χ3v) is 1.64. The summed E-state index contributed by atoms with van der Waals surface area (Å²) in [6.45, 7) is 5.14. The van der Waals surface area contributed by atoms with Gasteiger partial charge in [-0.2, -0.15) is 10.1 Å². The Kier molecular flexibility index (Phi) is 3.67. The first-order valence-electron chi connectivity index (χ1n) is 4.97. The largest absolute Gasteiger partial charge is 0.478 e. The molecular weight excluding hydrogens is 224 g/mol. The number of ether oxygens (including phenoxy) is 1. The van der Waals surface area contributed by atoms with Crippen molar-refractivity contribution < 1.29 is 19.4 Å². The molecule has 0 radical (unpaired) electrons. The van der Waals surface area contributed by atoms with Crippen LogP contribution < -0.4 is 0 Å². The predicted molar refractivity (Wildman–Crippen MR) is 61.4 cm³/mol. The maximum absolute atomic E-state index is 11.7. The highest BCUT2D eigenvalue weighted by molar-refractivity contribution is 5.92. The third kappa shape index (κ3) is 4.10. The lowest BCUT2D eigenvalue weighted by Crippen LogP contribution is -2.31. The van der Waals surface area contributed by atoms with E-state index in [4.69, 9.17) is 9.84 Å². The summed E-state index contributed by atoms with van der Waals surface area (Å²) in [7, 11) is 0. The fourth-order valence-corrected chi connectivity index (χ4v) is 1.00. The van der Waals surface area contributed by atoms with Gasteiger partial charge in [0.1, 0.15) is 5.60 Å². The number of carbonyl (C=O) groups excluding carboxylic acids is 1. The number of hydrazone groups is 1. The van der Waals surface area contributed by atoms with Crippen LogP contribution in [0.2, 0.25) is 0 Å². The predicted octanol–water partition coefficient (Wildman–Crippen LogP) is 1.75. The van der Waals surface area contributed by atoms with Crippen molar-refractivity contribution in [1.82, 2.24) is 5.01 Å². The summed E-state index contributed by atoms with van der Waals surface area (Å²) in [5.41, 5.74) is -0.711. The molecule has 1 rings (SSSR count). The number of nitrogens with zero attached hydrogens (tertiary/aromatic N) is 2. The number of allylic oxidation sites excluding steroid dienone is 1. The number of carbonyl (C=O) groups is 2. The van der Waals surface area contributed by atoms with Gasteiger partial charge in [0.15, 0.2) is 0 Å². The molecule has 0 aromatic carbocycles. The van der Waals surface area contributed by atoms with Crippen molar-refractivity contribution in [2.75, 3.05) is 0 Å². The van der Waals surface area contributed by atoms with Crippen molar-refractivity contribution in [2.24, 2.45) is 5.10 Å². The van der Waals surface area contributed by atoms with E-state index in [1.54, 1.807) is 20.8 Å². The van der Waals surface area contributed by atoms with Gasteiger partial charge in [-0.3, -0.25) is 0 Å². The summed E-state index contributed by atoms with van der Waals surface area (Å²) in [6.07, 6.45) is 4.48. The van der Waals surface area contributed by atoms with Crippen LogP contribution in [-0.2, 0) is 9.53 Å². The Morgan fingerprint density at radius 2 is 2.06 bits per heavy atom. The quantitative estimate of drug-likeness (QED) is 0.754. The van der Waals surface area contributed by atoms with Crippen LogP contribution in [0.3, 0.4) is 0 Å². The summed E-state index contributed by atoms with van der Waals surface area (Å²) < 4.78 is 5.07. The van der Waals surface area contributed by atoms with E-state index in [0.29, 0.717) is 0 Å². The molecule has 0 unspecified atom stereocenters. The monoisotopic (exact) mass is 238 g/mol.